The van der Waals surface area contributed by atoms with E-state index < -0.39 is 5.91 Å². The second-order valence-electron chi connectivity index (χ2n) is 7.75. The number of hydrogen-bond acceptors (Lipinski definition) is 6. The zero-order valence-corrected chi connectivity index (χ0v) is 20.2. The Morgan fingerprint density at radius 3 is 2.51 bits per heavy atom. The summed E-state index contributed by atoms with van der Waals surface area (Å²) < 4.78 is 18.6. The van der Waals surface area contributed by atoms with Gasteiger partial charge in [-0.25, -0.2) is 5.43 Å². The zero-order valence-electron chi connectivity index (χ0n) is 19.4. The second kappa shape index (κ2) is 10.4. The predicted molar refractivity (Wildman–Crippen MR) is 133 cm³/mol. The molecule has 4 rings (SSSR count). The number of hydrogen-bond donors (Lipinski definition) is 2. The van der Waals surface area contributed by atoms with Crippen LogP contribution in [0, 0.1) is 13.8 Å². The first-order chi connectivity index (χ1) is 16.9. The van der Waals surface area contributed by atoms with E-state index in [-0.39, 0.29) is 28.9 Å². The van der Waals surface area contributed by atoms with Crippen LogP contribution in [0.15, 0.2) is 70.2 Å². The fraction of sp³-hybridized carbons (Fsp3) is 0.154. The Bertz CT molecular complexity index is 1350. The summed E-state index contributed by atoms with van der Waals surface area (Å²) in [5.41, 5.74) is 6.30. The number of carbonyl (C=O) groups excluding carboxylic acids is 1. The Balaban J connectivity index is 1.32. The van der Waals surface area contributed by atoms with Crippen LogP contribution < -0.4 is 14.9 Å². The molecule has 0 fully saturated rings. The Labute approximate surface area is 207 Å². The number of ether oxygens (including phenoxy) is 2. The molecule has 180 valence electrons. The van der Waals surface area contributed by atoms with Gasteiger partial charge in [-0.1, -0.05) is 11.6 Å². The molecule has 0 spiro atoms. The Hall–Kier alpha value is -4.17. The van der Waals surface area contributed by atoms with Gasteiger partial charge in [0.25, 0.3) is 0 Å². The van der Waals surface area contributed by atoms with E-state index in [0.29, 0.717) is 17.1 Å². The highest BCUT2D eigenvalue weighted by Gasteiger charge is 2.12. The first kappa shape index (κ1) is 24.0. The van der Waals surface area contributed by atoms with Crippen molar-refractivity contribution in [3.05, 3.63) is 94.2 Å². The normalized spacial score (nSPS) is 11.1. The highest BCUT2D eigenvalue weighted by Crippen LogP contribution is 2.34. The summed E-state index contributed by atoms with van der Waals surface area (Å²) in [5, 5.41) is 13.8. The molecule has 8 nitrogen and oxygen atoms in total. The number of phenolic OH excluding ortho intramolecular Hbond substituents is 1. The summed E-state index contributed by atoms with van der Waals surface area (Å²) in [6.07, 6.45) is 1.37. The van der Waals surface area contributed by atoms with Crippen LogP contribution in [0.4, 0.5) is 0 Å². The quantitative estimate of drug-likeness (QED) is 0.253. The Morgan fingerprint density at radius 1 is 1.11 bits per heavy atom. The topological polar surface area (TPSA) is 98.2 Å². The Kier molecular flexibility index (Phi) is 7.12. The third-order valence-electron chi connectivity index (χ3n) is 5.28. The monoisotopic (exact) mass is 493 g/mol. The molecule has 0 radical (unpaired) electrons. The molecule has 0 aliphatic heterocycles. The zero-order chi connectivity index (χ0) is 24.9. The minimum atomic E-state index is -0.522. The van der Waals surface area contributed by atoms with Crippen LogP contribution in [0.3, 0.4) is 0 Å². The maximum absolute atomic E-state index is 12.3. The molecule has 2 heterocycles. The second-order valence-corrected chi connectivity index (χ2v) is 8.16. The molecule has 0 unspecified atom stereocenters. The van der Waals surface area contributed by atoms with E-state index in [9.17, 15) is 9.90 Å². The summed E-state index contributed by atoms with van der Waals surface area (Å²) >= 11 is 5.95. The van der Waals surface area contributed by atoms with Gasteiger partial charge in [0, 0.05) is 17.1 Å². The highest BCUT2D eigenvalue weighted by atomic mass is 35.5. The molecular weight excluding hydrogens is 470 g/mol. The molecule has 1 amide bonds. The molecule has 2 N–H and O–H groups in total. The van der Waals surface area contributed by atoms with Gasteiger partial charge in [-0.05, 0) is 80.1 Å². The van der Waals surface area contributed by atoms with E-state index in [1.54, 1.807) is 12.1 Å². The molecule has 0 saturated heterocycles. The van der Waals surface area contributed by atoms with E-state index >= 15 is 0 Å². The van der Waals surface area contributed by atoms with Crippen molar-refractivity contribution in [2.24, 2.45) is 5.10 Å². The van der Waals surface area contributed by atoms with Crippen LogP contribution in [-0.2, 0) is 6.61 Å². The maximum atomic E-state index is 12.3. The number of furan rings is 1. The van der Waals surface area contributed by atoms with Gasteiger partial charge in [0.1, 0.15) is 18.1 Å². The average Bonchev–Trinajstić information content (AvgIpc) is 3.46. The van der Waals surface area contributed by atoms with E-state index in [1.165, 1.54) is 25.5 Å². The maximum Gasteiger partial charge on any atom is 0.307 e. The number of aromatic hydroxyl groups is 1. The SMILES string of the molecule is COc1cc(/C=N/NC(=O)c2ccc(COc3ccc(-n4c(C)ccc4C)cc3)o2)cc(Cl)c1O. The molecule has 0 bridgehead atoms. The van der Waals surface area contributed by atoms with E-state index in [2.05, 4.69) is 41.1 Å². The third-order valence-corrected chi connectivity index (χ3v) is 5.57. The number of amides is 1. The smallest absolute Gasteiger partial charge is 0.307 e. The average molecular weight is 494 g/mol. The van der Waals surface area contributed by atoms with Gasteiger partial charge in [-0.15, -0.1) is 0 Å². The van der Waals surface area contributed by atoms with Gasteiger partial charge >= 0.3 is 5.91 Å². The van der Waals surface area contributed by atoms with E-state index in [0.717, 1.165) is 17.1 Å². The highest BCUT2D eigenvalue weighted by molar-refractivity contribution is 6.32. The molecular formula is C26H24ClN3O5. The van der Waals surface area contributed by atoms with Crippen LogP contribution in [0.2, 0.25) is 5.02 Å². The van der Waals surface area contributed by atoms with Crippen LogP contribution in [-0.4, -0.2) is 28.9 Å². The van der Waals surface area contributed by atoms with E-state index in [1.807, 2.05) is 24.3 Å². The lowest BCUT2D eigenvalue weighted by Crippen LogP contribution is -2.16. The molecule has 0 aliphatic rings. The van der Waals surface area contributed by atoms with Crippen molar-refractivity contribution in [1.29, 1.82) is 0 Å². The van der Waals surface area contributed by atoms with Gasteiger partial charge in [0.05, 0.1) is 18.3 Å². The molecule has 2 aromatic heterocycles. The van der Waals surface area contributed by atoms with Crippen LogP contribution >= 0.6 is 11.6 Å². The number of halogens is 1. The number of aryl methyl sites for hydroxylation is 2. The summed E-state index contributed by atoms with van der Waals surface area (Å²) in [7, 11) is 1.41. The number of aromatic nitrogens is 1. The number of methoxy groups -OCH3 is 1. The van der Waals surface area contributed by atoms with Crippen LogP contribution in [0.5, 0.6) is 17.2 Å². The first-order valence-electron chi connectivity index (χ1n) is 10.7. The summed E-state index contributed by atoms with van der Waals surface area (Å²) in [4.78, 5) is 12.3. The number of benzene rings is 2. The van der Waals surface area contributed by atoms with Crippen molar-refractivity contribution in [2.75, 3.05) is 7.11 Å². The number of carbonyl (C=O) groups is 1. The van der Waals surface area contributed by atoms with Crippen molar-refractivity contribution in [2.45, 2.75) is 20.5 Å². The standard InChI is InChI=1S/C26H24ClN3O5/c1-16-4-5-17(2)30(16)19-6-8-20(9-7-19)34-15-21-10-11-23(35-21)26(32)29-28-14-18-12-22(27)25(31)24(13-18)33-3/h4-14,31H,15H2,1-3H3,(H,29,32)/b28-14+. The molecule has 0 saturated carbocycles. The van der Waals surface area contributed by atoms with E-state index in [4.69, 9.17) is 25.5 Å². The fourth-order valence-corrected chi connectivity index (χ4v) is 3.76. The van der Waals surface area contributed by atoms with Gasteiger partial charge in [0.2, 0.25) is 0 Å². The van der Waals surface area contributed by atoms with Crippen LogP contribution in [0.1, 0.15) is 33.3 Å². The third kappa shape index (κ3) is 5.50. The van der Waals surface area contributed by atoms with Crippen LogP contribution in [0.25, 0.3) is 5.69 Å². The van der Waals surface area contributed by atoms with Gasteiger partial charge < -0.3 is 23.6 Å². The lowest BCUT2D eigenvalue weighted by molar-refractivity contribution is 0.0923. The number of hydrazone groups is 1. The Morgan fingerprint density at radius 2 is 1.83 bits per heavy atom. The fourth-order valence-electron chi connectivity index (χ4n) is 3.54. The number of phenols is 1. The minimum Gasteiger partial charge on any atom is -0.503 e. The predicted octanol–water partition coefficient (Wildman–Crippen LogP) is 5.40. The van der Waals surface area contributed by atoms with Gasteiger partial charge in [-0.2, -0.15) is 5.10 Å². The molecule has 35 heavy (non-hydrogen) atoms. The van der Waals surface area contributed by atoms with Crippen molar-refractivity contribution < 1.29 is 23.8 Å². The summed E-state index contributed by atoms with van der Waals surface area (Å²) in [6.45, 7) is 4.30. The molecule has 2 aromatic carbocycles. The minimum absolute atomic E-state index is 0.0935. The molecule has 9 heteroatoms. The molecule has 4 aromatic rings. The first-order valence-corrected chi connectivity index (χ1v) is 11.1. The van der Waals surface area contributed by atoms with Gasteiger partial charge in [0.15, 0.2) is 17.3 Å². The largest absolute Gasteiger partial charge is 0.503 e. The number of nitrogens with one attached hydrogen (secondary N) is 1. The summed E-state index contributed by atoms with van der Waals surface area (Å²) in [6, 6.07) is 18.2. The van der Waals surface area contributed by atoms with Crippen molar-refractivity contribution in [3.63, 3.8) is 0 Å². The number of nitrogens with zero attached hydrogens (tertiary/aromatic N) is 2. The molecule has 0 aliphatic carbocycles. The number of rotatable bonds is 8. The lowest BCUT2D eigenvalue weighted by atomic mass is 10.2. The van der Waals surface area contributed by atoms with Crippen molar-refractivity contribution in [1.82, 2.24) is 9.99 Å². The lowest BCUT2D eigenvalue weighted by Gasteiger charge is -2.10. The van der Waals surface area contributed by atoms with Gasteiger partial charge in [-0.3, -0.25) is 4.79 Å². The van der Waals surface area contributed by atoms with Crippen molar-refractivity contribution in [3.8, 4) is 22.9 Å². The molecule has 0 atom stereocenters. The van der Waals surface area contributed by atoms with Crippen molar-refractivity contribution >= 4 is 23.7 Å². The summed E-state index contributed by atoms with van der Waals surface area (Å²) in [5.74, 6) is 0.789.